The van der Waals surface area contributed by atoms with Gasteiger partial charge in [0.05, 0.1) is 0 Å². The Morgan fingerprint density at radius 3 is 2.48 bits per heavy atom. The van der Waals surface area contributed by atoms with Crippen molar-refractivity contribution < 1.29 is 9.53 Å². The van der Waals surface area contributed by atoms with E-state index >= 15 is 0 Å². The molecule has 0 N–H and O–H groups in total. The molecule has 5 heteroatoms. The number of anilines is 1. The van der Waals surface area contributed by atoms with Gasteiger partial charge in [0.25, 0.3) is 0 Å². The standard InChI is InChI=1S/C22H35N3O2/c1-5-24-15-9-8-12-19(24)17-13-14-20(23-16-17)25(18-10-6-7-11-18)21(26)27-22(2,3)4/h13-14,16,18-19H,5-12,15H2,1-4H3. The van der Waals surface area contributed by atoms with Crippen molar-refractivity contribution in [1.82, 2.24) is 9.88 Å². The fourth-order valence-corrected chi connectivity index (χ4v) is 4.39. The molecule has 2 fully saturated rings. The van der Waals surface area contributed by atoms with Crippen LogP contribution in [0.2, 0.25) is 0 Å². The lowest BCUT2D eigenvalue weighted by Gasteiger charge is -2.35. The van der Waals surface area contributed by atoms with Gasteiger partial charge in [0.1, 0.15) is 11.4 Å². The summed E-state index contributed by atoms with van der Waals surface area (Å²) in [5, 5.41) is 0. The Hall–Kier alpha value is -1.62. The number of carbonyl (C=O) groups excluding carboxylic acids is 1. The smallest absolute Gasteiger partial charge is 0.416 e. The molecule has 0 aromatic carbocycles. The van der Waals surface area contributed by atoms with Crippen molar-refractivity contribution in [2.75, 3.05) is 18.0 Å². The maximum atomic E-state index is 12.9. The minimum atomic E-state index is -0.502. The molecule has 0 bridgehead atoms. The van der Waals surface area contributed by atoms with Crippen LogP contribution in [0.15, 0.2) is 18.3 Å². The number of hydrogen-bond donors (Lipinski definition) is 0. The number of amides is 1. The van der Waals surface area contributed by atoms with Crippen LogP contribution in [0.5, 0.6) is 0 Å². The van der Waals surface area contributed by atoms with E-state index in [1.54, 1.807) is 4.90 Å². The van der Waals surface area contributed by atoms with Gasteiger partial charge >= 0.3 is 6.09 Å². The van der Waals surface area contributed by atoms with Crippen molar-refractivity contribution in [3.63, 3.8) is 0 Å². The number of carbonyl (C=O) groups is 1. The third-order valence-corrected chi connectivity index (χ3v) is 5.70. The van der Waals surface area contributed by atoms with E-state index in [0.29, 0.717) is 6.04 Å². The molecule has 5 nitrogen and oxygen atoms in total. The summed E-state index contributed by atoms with van der Waals surface area (Å²) in [6.07, 6.45) is 9.81. The number of aromatic nitrogens is 1. The number of likely N-dealkylation sites (tertiary alicyclic amines) is 1. The van der Waals surface area contributed by atoms with Crippen LogP contribution in [0, 0.1) is 0 Å². The van der Waals surface area contributed by atoms with Crippen LogP contribution < -0.4 is 4.90 Å². The monoisotopic (exact) mass is 373 g/mol. The first-order chi connectivity index (χ1) is 12.9. The average Bonchev–Trinajstić information content (AvgIpc) is 3.15. The predicted molar refractivity (Wildman–Crippen MR) is 109 cm³/mol. The van der Waals surface area contributed by atoms with E-state index in [1.807, 2.05) is 33.0 Å². The van der Waals surface area contributed by atoms with E-state index in [1.165, 1.54) is 24.8 Å². The molecule has 2 aliphatic rings. The Morgan fingerprint density at radius 2 is 1.89 bits per heavy atom. The molecule has 1 aliphatic carbocycles. The van der Waals surface area contributed by atoms with Gasteiger partial charge in [-0.25, -0.2) is 9.78 Å². The van der Waals surface area contributed by atoms with E-state index in [4.69, 9.17) is 9.72 Å². The van der Waals surface area contributed by atoms with Gasteiger partial charge in [-0.1, -0.05) is 32.3 Å². The zero-order chi connectivity index (χ0) is 19.4. The van der Waals surface area contributed by atoms with Crippen LogP contribution >= 0.6 is 0 Å². The SMILES string of the molecule is CCN1CCCCC1c1ccc(N(C(=O)OC(C)(C)C)C2CCCC2)nc1. The molecule has 2 heterocycles. The van der Waals surface area contributed by atoms with Gasteiger partial charge in [0.2, 0.25) is 0 Å². The largest absolute Gasteiger partial charge is 0.443 e. The summed E-state index contributed by atoms with van der Waals surface area (Å²) in [4.78, 5) is 21.9. The first-order valence-corrected chi connectivity index (χ1v) is 10.6. The van der Waals surface area contributed by atoms with E-state index in [0.717, 1.165) is 44.6 Å². The molecule has 1 unspecified atom stereocenters. The summed E-state index contributed by atoms with van der Waals surface area (Å²) in [5.41, 5.74) is 0.758. The van der Waals surface area contributed by atoms with Crippen LogP contribution in [0.4, 0.5) is 10.6 Å². The predicted octanol–water partition coefficient (Wildman–Crippen LogP) is 5.31. The number of hydrogen-bond acceptors (Lipinski definition) is 4. The lowest BCUT2D eigenvalue weighted by molar-refractivity contribution is 0.0564. The highest BCUT2D eigenvalue weighted by Crippen LogP contribution is 2.33. The summed E-state index contributed by atoms with van der Waals surface area (Å²) in [6, 6.07) is 4.82. The Bertz CT molecular complexity index is 617. The fourth-order valence-electron chi connectivity index (χ4n) is 4.39. The minimum absolute atomic E-state index is 0.194. The number of nitrogens with zero attached hydrogens (tertiary/aromatic N) is 3. The Balaban J connectivity index is 1.81. The fraction of sp³-hybridized carbons (Fsp3) is 0.727. The van der Waals surface area contributed by atoms with Gasteiger partial charge in [-0.05, 0) is 71.2 Å². The highest BCUT2D eigenvalue weighted by atomic mass is 16.6. The molecule has 1 saturated heterocycles. The summed E-state index contributed by atoms with van der Waals surface area (Å²) in [6.45, 7) is 10.2. The summed E-state index contributed by atoms with van der Waals surface area (Å²) < 4.78 is 5.69. The third-order valence-electron chi connectivity index (χ3n) is 5.70. The lowest BCUT2D eigenvalue weighted by atomic mass is 9.96. The molecule has 1 atom stereocenters. The second-order valence-electron chi connectivity index (χ2n) is 8.88. The lowest BCUT2D eigenvalue weighted by Crippen LogP contribution is -2.43. The molecule has 0 spiro atoms. The van der Waals surface area contributed by atoms with Gasteiger partial charge in [0.15, 0.2) is 0 Å². The van der Waals surface area contributed by atoms with Gasteiger partial charge in [-0.3, -0.25) is 9.80 Å². The molecular formula is C22H35N3O2. The first-order valence-electron chi connectivity index (χ1n) is 10.6. The molecule has 1 aromatic rings. The second kappa shape index (κ2) is 8.59. The maximum absolute atomic E-state index is 12.9. The summed E-state index contributed by atoms with van der Waals surface area (Å²) in [7, 11) is 0. The Kier molecular flexibility index (Phi) is 6.40. The van der Waals surface area contributed by atoms with Crippen molar-refractivity contribution in [3.8, 4) is 0 Å². The van der Waals surface area contributed by atoms with Gasteiger partial charge in [0, 0.05) is 18.3 Å². The molecule has 1 amide bonds. The molecular weight excluding hydrogens is 338 g/mol. The van der Waals surface area contributed by atoms with Crippen molar-refractivity contribution in [2.45, 2.75) is 90.3 Å². The molecule has 1 aliphatic heterocycles. The highest BCUT2D eigenvalue weighted by Gasteiger charge is 2.32. The van der Waals surface area contributed by atoms with Crippen LogP contribution in [0.3, 0.4) is 0 Å². The molecule has 1 aromatic heterocycles. The quantitative estimate of drug-likeness (QED) is 0.717. The van der Waals surface area contributed by atoms with Crippen molar-refractivity contribution in [2.24, 2.45) is 0 Å². The van der Waals surface area contributed by atoms with Crippen molar-refractivity contribution in [3.05, 3.63) is 23.9 Å². The average molecular weight is 374 g/mol. The third kappa shape index (κ3) is 5.01. The topological polar surface area (TPSA) is 45.7 Å². The normalized spacial score (nSPS) is 22.0. The number of rotatable bonds is 4. The van der Waals surface area contributed by atoms with E-state index < -0.39 is 5.60 Å². The minimum Gasteiger partial charge on any atom is -0.443 e. The molecule has 27 heavy (non-hydrogen) atoms. The van der Waals surface area contributed by atoms with E-state index in [-0.39, 0.29) is 12.1 Å². The second-order valence-corrected chi connectivity index (χ2v) is 8.88. The molecule has 3 rings (SSSR count). The Morgan fingerprint density at radius 1 is 1.19 bits per heavy atom. The van der Waals surface area contributed by atoms with Gasteiger partial charge < -0.3 is 4.74 Å². The van der Waals surface area contributed by atoms with Crippen LogP contribution in [-0.4, -0.2) is 40.7 Å². The van der Waals surface area contributed by atoms with Gasteiger partial charge in [-0.2, -0.15) is 0 Å². The van der Waals surface area contributed by atoms with Gasteiger partial charge in [-0.15, -0.1) is 0 Å². The van der Waals surface area contributed by atoms with Crippen LogP contribution in [0.25, 0.3) is 0 Å². The molecule has 1 saturated carbocycles. The van der Waals surface area contributed by atoms with Crippen LogP contribution in [0.1, 0.15) is 84.2 Å². The molecule has 0 radical (unpaired) electrons. The zero-order valence-corrected chi connectivity index (χ0v) is 17.4. The zero-order valence-electron chi connectivity index (χ0n) is 17.4. The van der Waals surface area contributed by atoms with Crippen molar-refractivity contribution >= 4 is 11.9 Å². The van der Waals surface area contributed by atoms with Crippen molar-refractivity contribution in [1.29, 1.82) is 0 Å². The van der Waals surface area contributed by atoms with Crippen LogP contribution in [-0.2, 0) is 4.74 Å². The first kappa shape index (κ1) is 20.1. The van der Waals surface area contributed by atoms with E-state index in [2.05, 4.69) is 17.9 Å². The molecule has 150 valence electrons. The highest BCUT2D eigenvalue weighted by molar-refractivity contribution is 5.87. The summed E-state index contributed by atoms with van der Waals surface area (Å²) in [5.74, 6) is 0.721. The summed E-state index contributed by atoms with van der Waals surface area (Å²) >= 11 is 0. The van der Waals surface area contributed by atoms with E-state index in [9.17, 15) is 4.79 Å². The number of ether oxygens (including phenoxy) is 1. The maximum Gasteiger partial charge on any atom is 0.416 e. The number of piperidine rings is 1. The Labute approximate surface area is 164 Å². The number of pyridine rings is 1.